The Hall–Kier alpha value is -2.08. The fourth-order valence-corrected chi connectivity index (χ4v) is 6.02. The monoisotopic (exact) mass is 426 g/mol. The number of rotatable bonds is 8. The highest BCUT2D eigenvalue weighted by Gasteiger charge is 2.29. The quantitative estimate of drug-likeness (QED) is 0.368. The van der Waals surface area contributed by atoms with E-state index in [1.54, 1.807) is 11.1 Å². The molecule has 1 fully saturated rings. The first-order valence-electron chi connectivity index (χ1n) is 13.2. The number of benzene rings is 2. The van der Waals surface area contributed by atoms with Gasteiger partial charge in [0, 0.05) is 0 Å². The van der Waals surface area contributed by atoms with Crippen LogP contribution in [0.15, 0.2) is 72.3 Å². The lowest BCUT2D eigenvalue weighted by Gasteiger charge is -2.35. The van der Waals surface area contributed by atoms with Gasteiger partial charge in [-0.25, -0.2) is 0 Å². The van der Waals surface area contributed by atoms with Gasteiger partial charge in [-0.05, 0) is 111 Å². The van der Waals surface area contributed by atoms with Crippen LogP contribution >= 0.6 is 0 Å². The van der Waals surface area contributed by atoms with Crippen molar-refractivity contribution in [1.29, 1.82) is 0 Å². The zero-order valence-corrected chi connectivity index (χ0v) is 20.4. The van der Waals surface area contributed by atoms with Crippen molar-refractivity contribution in [3.63, 3.8) is 0 Å². The molecule has 1 saturated carbocycles. The molecular weight excluding hydrogens is 384 g/mol. The van der Waals surface area contributed by atoms with Crippen molar-refractivity contribution in [1.82, 2.24) is 0 Å². The lowest BCUT2D eigenvalue weighted by Crippen LogP contribution is -2.22. The fourth-order valence-electron chi connectivity index (χ4n) is 6.02. The van der Waals surface area contributed by atoms with Crippen LogP contribution in [0.3, 0.4) is 0 Å². The normalized spacial score (nSPS) is 23.9. The Labute approximate surface area is 196 Å². The van der Waals surface area contributed by atoms with Crippen molar-refractivity contribution in [3.8, 4) is 11.1 Å². The Morgan fingerprint density at radius 1 is 0.781 bits per heavy atom. The Kier molecular flexibility index (Phi) is 8.43. The van der Waals surface area contributed by atoms with Gasteiger partial charge < -0.3 is 0 Å². The van der Waals surface area contributed by atoms with E-state index in [0.717, 1.165) is 17.8 Å². The third-order valence-electron chi connectivity index (χ3n) is 8.06. The van der Waals surface area contributed by atoms with Crippen LogP contribution in [0.25, 0.3) is 11.1 Å². The average Bonchev–Trinajstić information content (AvgIpc) is 2.86. The second kappa shape index (κ2) is 11.7. The van der Waals surface area contributed by atoms with Crippen molar-refractivity contribution in [2.45, 2.75) is 90.4 Å². The van der Waals surface area contributed by atoms with Crippen LogP contribution in [0, 0.1) is 11.8 Å². The maximum Gasteiger partial charge on any atom is -0.0162 e. The zero-order chi connectivity index (χ0) is 22.2. The van der Waals surface area contributed by atoms with Gasteiger partial charge in [0.2, 0.25) is 0 Å². The maximum atomic E-state index is 2.59. The summed E-state index contributed by atoms with van der Waals surface area (Å²) in [4.78, 5) is 0. The molecule has 32 heavy (non-hydrogen) atoms. The molecular formula is C32H42. The van der Waals surface area contributed by atoms with Gasteiger partial charge in [-0.1, -0.05) is 85.7 Å². The van der Waals surface area contributed by atoms with Crippen molar-refractivity contribution in [2.24, 2.45) is 11.8 Å². The fraction of sp³-hybridized carbons (Fsp3) is 0.500. The van der Waals surface area contributed by atoms with Crippen LogP contribution in [0.2, 0.25) is 0 Å². The number of hydrogen-bond acceptors (Lipinski definition) is 0. The predicted molar refractivity (Wildman–Crippen MR) is 140 cm³/mol. The number of aryl methyl sites for hydroxylation is 1. The van der Waals surface area contributed by atoms with Crippen LogP contribution in [0.4, 0.5) is 0 Å². The first-order chi connectivity index (χ1) is 15.8. The van der Waals surface area contributed by atoms with Crippen LogP contribution in [0.5, 0.6) is 0 Å². The SMILES string of the molecule is CC=CCCC1=CCC(C2CCC(c3ccc(-c4ccc(CCC)cc4)cc3)CC2)CC1. The first-order valence-corrected chi connectivity index (χ1v) is 13.2. The third-order valence-corrected chi connectivity index (χ3v) is 8.06. The van der Waals surface area contributed by atoms with Crippen LogP contribution in [0.1, 0.15) is 95.1 Å². The molecule has 2 aliphatic rings. The third kappa shape index (κ3) is 6.03. The molecule has 0 nitrogen and oxygen atoms in total. The van der Waals surface area contributed by atoms with Gasteiger partial charge in [-0.3, -0.25) is 0 Å². The largest absolute Gasteiger partial charge is 0.0917 e. The van der Waals surface area contributed by atoms with Gasteiger partial charge in [-0.15, -0.1) is 0 Å². The van der Waals surface area contributed by atoms with E-state index in [1.165, 1.54) is 87.3 Å². The molecule has 2 aliphatic carbocycles. The first kappa shape index (κ1) is 23.1. The molecule has 0 heterocycles. The smallest absolute Gasteiger partial charge is 0.0162 e. The van der Waals surface area contributed by atoms with E-state index < -0.39 is 0 Å². The molecule has 0 aromatic heterocycles. The second-order valence-electron chi connectivity index (χ2n) is 10.2. The Morgan fingerprint density at radius 2 is 1.47 bits per heavy atom. The summed E-state index contributed by atoms with van der Waals surface area (Å²) >= 11 is 0. The van der Waals surface area contributed by atoms with E-state index in [-0.39, 0.29) is 0 Å². The van der Waals surface area contributed by atoms with Gasteiger partial charge in [0.05, 0.1) is 0 Å². The maximum absolute atomic E-state index is 2.59. The highest BCUT2D eigenvalue weighted by molar-refractivity contribution is 5.64. The average molecular weight is 427 g/mol. The molecule has 1 atom stereocenters. The lowest BCUT2D eigenvalue weighted by molar-refractivity contribution is 0.217. The molecule has 0 radical (unpaired) electrons. The summed E-state index contributed by atoms with van der Waals surface area (Å²) in [7, 11) is 0. The van der Waals surface area contributed by atoms with E-state index >= 15 is 0 Å². The highest BCUT2D eigenvalue weighted by Crippen LogP contribution is 2.43. The van der Waals surface area contributed by atoms with Crippen molar-refractivity contribution in [2.75, 3.05) is 0 Å². The summed E-state index contributed by atoms with van der Waals surface area (Å²) < 4.78 is 0. The van der Waals surface area contributed by atoms with Gasteiger partial charge in [0.25, 0.3) is 0 Å². The van der Waals surface area contributed by atoms with Crippen molar-refractivity contribution >= 4 is 0 Å². The standard InChI is InChI=1S/C32H42/c1-3-5-6-8-26-11-15-28(16-12-26)30-19-23-32(24-20-30)31-21-17-29(18-22-31)27-13-9-25(7-4-2)10-14-27/h3,5,9-11,13-14,17-18,21-22,28,30,32H,4,6-8,12,15-16,19-20,23-24H2,1-2H3. The molecule has 170 valence electrons. The van der Waals surface area contributed by atoms with Crippen LogP contribution in [-0.4, -0.2) is 0 Å². The van der Waals surface area contributed by atoms with Gasteiger partial charge in [0.15, 0.2) is 0 Å². The number of allylic oxidation sites excluding steroid dienone is 4. The predicted octanol–water partition coefficient (Wildman–Crippen LogP) is 9.66. The van der Waals surface area contributed by atoms with Crippen LogP contribution < -0.4 is 0 Å². The Bertz CT molecular complexity index is 873. The molecule has 2 aromatic rings. The van der Waals surface area contributed by atoms with Crippen molar-refractivity contribution in [3.05, 3.63) is 83.5 Å². The highest BCUT2D eigenvalue weighted by atomic mass is 14.3. The Morgan fingerprint density at radius 3 is 2.06 bits per heavy atom. The van der Waals surface area contributed by atoms with Gasteiger partial charge in [0.1, 0.15) is 0 Å². The van der Waals surface area contributed by atoms with E-state index in [4.69, 9.17) is 0 Å². The minimum absolute atomic E-state index is 0.766. The van der Waals surface area contributed by atoms with Crippen molar-refractivity contribution < 1.29 is 0 Å². The minimum atomic E-state index is 0.766. The second-order valence-corrected chi connectivity index (χ2v) is 10.2. The molecule has 1 unspecified atom stereocenters. The Balaban J connectivity index is 1.27. The van der Waals surface area contributed by atoms with E-state index in [2.05, 4.69) is 80.6 Å². The zero-order valence-electron chi connectivity index (χ0n) is 20.4. The summed E-state index contributed by atoms with van der Waals surface area (Å²) in [5, 5.41) is 0. The van der Waals surface area contributed by atoms with E-state index in [1.807, 2.05) is 0 Å². The molecule has 0 spiro atoms. The molecule has 0 bridgehead atoms. The minimum Gasteiger partial charge on any atom is -0.0917 e. The van der Waals surface area contributed by atoms with Gasteiger partial charge in [-0.2, -0.15) is 0 Å². The molecule has 0 N–H and O–H groups in total. The molecule has 0 heteroatoms. The summed E-state index contributed by atoms with van der Waals surface area (Å²) in [6.45, 7) is 4.37. The molecule has 0 aliphatic heterocycles. The summed E-state index contributed by atoms with van der Waals surface area (Å²) in [5.41, 5.74) is 7.42. The molecule has 0 saturated heterocycles. The van der Waals surface area contributed by atoms with Crippen LogP contribution in [-0.2, 0) is 6.42 Å². The molecule has 2 aromatic carbocycles. The summed E-state index contributed by atoms with van der Waals surface area (Å²) in [6, 6.07) is 18.7. The molecule has 0 amide bonds. The molecule has 4 rings (SSSR count). The van der Waals surface area contributed by atoms with Gasteiger partial charge >= 0.3 is 0 Å². The number of hydrogen-bond donors (Lipinski definition) is 0. The summed E-state index contributed by atoms with van der Waals surface area (Å²) in [6.07, 6.45) is 21.7. The lowest BCUT2D eigenvalue weighted by atomic mass is 9.70. The summed E-state index contributed by atoms with van der Waals surface area (Å²) in [5.74, 6) is 2.67. The van der Waals surface area contributed by atoms with E-state index in [0.29, 0.717) is 0 Å². The topological polar surface area (TPSA) is 0 Å². The van der Waals surface area contributed by atoms with E-state index in [9.17, 15) is 0 Å².